The average Bonchev–Trinajstić information content (AvgIpc) is 3.22. The molecule has 1 aliphatic carbocycles. The van der Waals surface area contributed by atoms with Crippen molar-refractivity contribution in [2.24, 2.45) is 0 Å². The Hall–Kier alpha value is -3.88. The Morgan fingerprint density at radius 3 is 2.13 bits per heavy atom. The van der Waals surface area contributed by atoms with Gasteiger partial charge in [0.1, 0.15) is 24.4 Å². The van der Waals surface area contributed by atoms with E-state index in [4.69, 9.17) is 9.47 Å². The first-order valence-electron chi connectivity index (χ1n) is 12.6. The van der Waals surface area contributed by atoms with Gasteiger partial charge in [-0.1, -0.05) is 72.8 Å². The van der Waals surface area contributed by atoms with Crippen molar-refractivity contribution in [2.75, 3.05) is 13.2 Å². The molecule has 2 atom stereocenters. The van der Waals surface area contributed by atoms with Gasteiger partial charge in [-0.2, -0.15) is 0 Å². The molecule has 8 heteroatoms. The summed E-state index contributed by atoms with van der Waals surface area (Å²) in [5, 5.41) is 26.3. The van der Waals surface area contributed by atoms with Crippen LogP contribution in [0.2, 0.25) is 0 Å². The fourth-order valence-corrected chi connectivity index (χ4v) is 4.55. The number of rotatable bonds is 8. The van der Waals surface area contributed by atoms with E-state index in [0.717, 1.165) is 27.8 Å². The molecular weight excluding hydrogens is 484 g/mol. The largest absolute Gasteiger partial charge is 0.449 e. The summed E-state index contributed by atoms with van der Waals surface area (Å²) in [6, 6.07) is 23.0. The standard InChI is InChI=1S/C30H34N2O6/c1-30(2,3)38-29(36)31-16-19-9-8-10-20(15-19)27(34)26(33)17-32-28(35)37-18-25-23-13-6-4-11-21(23)22-12-5-7-14-24(22)25/h4-15,25-27,33-34H,16-18H2,1-3H3,(H,31,36)(H,32,35). The number of benzene rings is 3. The third-order valence-electron chi connectivity index (χ3n) is 6.29. The van der Waals surface area contributed by atoms with Gasteiger partial charge in [0.15, 0.2) is 0 Å². The van der Waals surface area contributed by atoms with E-state index in [1.807, 2.05) is 36.4 Å². The fourth-order valence-electron chi connectivity index (χ4n) is 4.55. The van der Waals surface area contributed by atoms with Gasteiger partial charge in [0, 0.05) is 19.0 Å². The van der Waals surface area contributed by atoms with Crippen LogP contribution in [0.25, 0.3) is 11.1 Å². The van der Waals surface area contributed by atoms with E-state index in [1.54, 1.807) is 45.0 Å². The highest BCUT2D eigenvalue weighted by molar-refractivity contribution is 5.79. The van der Waals surface area contributed by atoms with Gasteiger partial charge >= 0.3 is 12.2 Å². The van der Waals surface area contributed by atoms with E-state index in [9.17, 15) is 19.8 Å². The van der Waals surface area contributed by atoms with Crippen LogP contribution in [0.1, 0.15) is 55.0 Å². The minimum atomic E-state index is -1.26. The Morgan fingerprint density at radius 1 is 0.868 bits per heavy atom. The van der Waals surface area contributed by atoms with Crippen molar-refractivity contribution in [3.8, 4) is 11.1 Å². The van der Waals surface area contributed by atoms with E-state index < -0.39 is 30.0 Å². The number of hydrogen-bond acceptors (Lipinski definition) is 6. The van der Waals surface area contributed by atoms with Gasteiger partial charge in [-0.15, -0.1) is 0 Å². The van der Waals surface area contributed by atoms with Crippen LogP contribution < -0.4 is 10.6 Å². The molecular formula is C30H34N2O6. The van der Waals surface area contributed by atoms with Crippen LogP contribution in [0, 0.1) is 0 Å². The zero-order valence-corrected chi connectivity index (χ0v) is 21.8. The number of fused-ring (bicyclic) bond motifs is 3. The van der Waals surface area contributed by atoms with Gasteiger partial charge < -0.3 is 30.3 Å². The second-order valence-electron chi connectivity index (χ2n) is 10.3. The van der Waals surface area contributed by atoms with E-state index in [1.165, 1.54) is 0 Å². The zero-order valence-electron chi connectivity index (χ0n) is 21.8. The maximum absolute atomic E-state index is 12.4. The SMILES string of the molecule is CC(C)(C)OC(=O)NCc1cccc(C(O)C(O)CNC(=O)OCC2c3ccccc3-c3ccccc32)c1. The second kappa shape index (κ2) is 11.7. The molecule has 0 saturated carbocycles. The quantitative estimate of drug-likeness (QED) is 0.345. The van der Waals surface area contributed by atoms with Crippen molar-refractivity contribution in [1.82, 2.24) is 10.6 Å². The van der Waals surface area contributed by atoms with E-state index in [2.05, 4.69) is 22.8 Å². The fraction of sp³-hybridized carbons (Fsp3) is 0.333. The Morgan fingerprint density at radius 2 is 1.50 bits per heavy atom. The minimum absolute atomic E-state index is 0.0688. The van der Waals surface area contributed by atoms with Crippen LogP contribution in [0.5, 0.6) is 0 Å². The molecule has 8 nitrogen and oxygen atoms in total. The Labute approximate surface area is 222 Å². The number of carbonyl (C=O) groups is 2. The molecule has 1 aliphatic rings. The maximum Gasteiger partial charge on any atom is 0.407 e. The highest BCUT2D eigenvalue weighted by Crippen LogP contribution is 2.44. The number of hydrogen-bond donors (Lipinski definition) is 4. The number of aliphatic hydroxyl groups is 2. The summed E-state index contributed by atoms with van der Waals surface area (Å²) in [7, 11) is 0. The summed E-state index contributed by atoms with van der Waals surface area (Å²) in [5.41, 5.74) is 5.07. The lowest BCUT2D eigenvalue weighted by Crippen LogP contribution is -2.36. The molecule has 38 heavy (non-hydrogen) atoms. The van der Waals surface area contributed by atoms with Crippen LogP contribution in [0.4, 0.5) is 9.59 Å². The first-order chi connectivity index (χ1) is 18.1. The topological polar surface area (TPSA) is 117 Å². The lowest BCUT2D eigenvalue weighted by atomic mass is 9.98. The summed E-state index contributed by atoms with van der Waals surface area (Å²) in [6.07, 6.45) is -3.72. The first kappa shape index (κ1) is 27.2. The first-order valence-corrected chi connectivity index (χ1v) is 12.6. The van der Waals surface area contributed by atoms with Gasteiger partial charge in [0.05, 0.1) is 0 Å². The zero-order chi connectivity index (χ0) is 27.3. The highest BCUT2D eigenvalue weighted by atomic mass is 16.6. The smallest absolute Gasteiger partial charge is 0.407 e. The summed E-state index contributed by atoms with van der Waals surface area (Å²) in [6.45, 7) is 5.50. The molecule has 0 heterocycles. The van der Waals surface area contributed by atoms with E-state index >= 15 is 0 Å². The molecule has 0 fully saturated rings. The van der Waals surface area contributed by atoms with Crippen LogP contribution in [-0.4, -0.2) is 47.3 Å². The predicted molar refractivity (Wildman–Crippen MR) is 144 cm³/mol. The van der Waals surface area contributed by atoms with E-state index in [-0.39, 0.29) is 25.6 Å². The number of carbonyl (C=O) groups excluding carboxylic acids is 2. The van der Waals surface area contributed by atoms with Crippen molar-refractivity contribution >= 4 is 12.2 Å². The monoisotopic (exact) mass is 518 g/mol. The van der Waals surface area contributed by atoms with Crippen LogP contribution in [0.3, 0.4) is 0 Å². The van der Waals surface area contributed by atoms with Crippen LogP contribution >= 0.6 is 0 Å². The van der Waals surface area contributed by atoms with Gasteiger partial charge in [-0.3, -0.25) is 0 Å². The lowest BCUT2D eigenvalue weighted by Gasteiger charge is -2.21. The summed E-state index contributed by atoms with van der Waals surface area (Å²) >= 11 is 0. The van der Waals surface area contributed by atoms with Gasteiger partial charge in [0.2, 0.25) is 0 Å². The van der Waals surface area contributed by atoms with Crippen molar-refractivity contribution in [3.63, 3.8) is 0 Å². The van der Waals surface area contributed by atoms with Gasteiger partial charge in [-0.25, -0.2) is 9.59 Å². The predicted octanol–water partition coefficient (Wildman–Crippen LogP) is 4.64. The second-order valence-corrected chi connectivity index (χ2v) is 10.3. The third-order valence-corrected chi connectivity index (χ3v) is 6.29. The number of ether oxygens (including phenoxy) is 2. The molecule has 3 aromatic rings. The molecule has 2 amide bonds. The molecule has 0 aromatic heterocycles. The Kier molecular flexibility index (Phi) is 8.34. The van der Waals surface area contributed by atoms with Gasteiger partial charge in [0.25, 0.3) is 0 Å². The van der Waals surface area contributed by atoms with Crippen molar-refractivity contribution in [1.29, 1.82) is 0 Å². The minimum Gasteiger partial charge on any atom is -0.449 e. The number of alkyl carbamates (subject to hydrolysis) is 2. The molecule has 4 N–H and O–H groups in total. The molecule has 0 saturated heterocycles. The van der Waals surface area contributed by atoms with Gasteiger partial charge in [-0.05, 0) is 54.2 Å². The molecule has 0 aliphatic heterocycles. The average molecular weight is 519 g/mol. The van der Waals surface area contributed by atoms with Crippen LogP contribution in [0.15, 0.2) is 72.8 Å². The normalized spacial score (nSPS) is 14.1. The van der Waals surface area contributed by atoms with Crippen LogP contribution in [-0.2, 0) is 16.0 Å². The van der Waals surface area contributed by atoms with Crippen molar-refractivity contribution in [2.45, 2.75) is 51.0 Å². The molecule has 0 radical (unpaired) electrons. The molecule has 0 bridgehead atoms. The summed E-state index contributed by atoms with van der Waals surface area (Å²) in [5.74, 6) is -0.0688. The number of amides is 2. The van der Waals surface area contributed by atoms with Crippen molar-refractivity contribution in [3.05, 3.63) is 95.1 Å². The number of nitrogens with one attached hydrogen (secondary N) is 2. The molecule has 200 valence electrons. The Balaban J connectivity index is 1.27. The van der Waals surface area contributed by atoms with Crippen molar-refractivity contribution < 1.29 is 29.3 Å². The molecule has 4 rings (SSSR count). The lowest BCUT2D eigenvalue weighted by molar-refractivity contribution is 0.0185. The molecule has 0 spiro atoms. The summed E-state index contributed by atoms with van der Waals surface area (Å²) in [4.78, 5) is 24.3. The number of aliphatic hydroxyl groups excluding tert-OH is 2. The third kappa shape index (κ3) is 6.70. The summed E-state index contributed by atoms with van der Waals surface area (Å²) < 4.78 is 10.7. The van der Waals surface area contributed by atoms with E-state index in [0.29, 0.717) is 5.56 Å². The molecule has 3 aromatic carbocycles. The maximum atomic E-state index is 12.4. The Bertz CT molecular complexity index is 1240. The molecule has 2 unspecified atom stereocenters. The highest BCUT2D eigenvalue weighted by Gasteiger charge is 2.29.